The van der Waals surface area contributed by atoms with E-state index < -0.39 is 11.8 Å². The van der Waals surface area contributed by atoms with Crippen LogP contribution in [0.2, 0.25) is 0 Å². The molecule has 2 N–H and O–H groups in total. The summed E-state index contributed by atoms with van der Waals surface area (Å²) < 4.78 is 24.0. The van der Waals surface area contributed by atoms with Crippen LogP contribution in [0, 0.1) is 12.7 Å². The van der Waals surface area contributed by atoms with E-state index in [1.807, 2.05) is 19.1 Å². The van der Waals surface area contributed by atoms with Crippen LogP contribution in [0.4, 0.5) is 10.1 Å². The highest BCUT2D eigenvalue weighted by atomic mass is 19.1. The van der Waals surface area contributed by atoms with Crippen LogP contribution in [0.15, 0.2) is 36.4 Å². The first-order chi connectivity index (χ1) is 10.0. The Kier molecular flexibility index (Phi) is 4.42. The molecule has 0 aliphatic heterocycles. The van der Waals surface area contributed by atoms with Crippen LogP contribution in [0.1, 0.15) is 21.5 Å². The van der Waals surface area contributed by atoms with Gasteiger partial charge < -0.3 is 15.2 Å². The Bertz CT molecular complexity index is 671. The number of benzene rings is 2. The van der Waals surface area contributed by atoms with Gasteiger partial charge >= 0.3 is 5.97 Å². The Morgan fingerprint density at radius 2 is 2.00 bits per heavy atom. The molecule has 2 aromatic carbocycles. The number of nitrogen functional groups attached to an aromatic ring is 1. The molecular weight excluding hydrogens is 273 g/mol. The quantitative estimate of drug-likeness (QED) is 0.694. The fourth-order valence-corrected chi connectivity index (χ4v) is 1.94. The summed E-state index contributed by atoms with van der Waals surface area (Å²) in [4.78, 5) is 11.9. The number of methoxy groups -OCH3 is 1. The van der Waals surface area contributed by atoms with Crippen molar-refractivity contribution >= 4 is 11.7 Å². The zero-order valence-corrected chi connectivity index (χ0v) is 11.9. The molecule has 0 heterocycles. The standard InChI is InChI=1S/C16H16FNO3/c1-10-3-6-15(20-2)11(7-10)9-21-16(19)13-5-4-12(18)8-14(13)17/h3-8H,9,18H2,1-2H3. The molecule has 0 spiro atoms. The van der Waals surface area contributed by atoms with Gasteiger partial charge in [0.1, 0.15) is 18.2 Å². The maximum Gasteiger partial charge on any atom is 0.341 e. The van der Waals surface area contributed by atoms with Crippen LogP contribution in [-0.2, 0) is 11.3 Å². The summed E-state index contributed by atoms with van der Waals surface area (Å²) in [5, 5.41) is 0. The highest BCUT2D eigenvalue weighted by molar-refractivity contribution is 5.90. The first kappa shape index (κ1) is 14.8. The highest BCUT2D eigenvalue weighted by Crippen LogP contribution is 2.21. The van der Waals surface area contributed by atoms with Crippen LogP contribution < -0.4 is 10.5 Å². The Morgan fingerprint density at radius 3 is 2.67 bits per heavy atom. The third-order valence-electron chi connectivity index (χ3n) is 3.01. The second kappa shape index (κ2) is 6.26. The summed E-state index contributed by atoms with van der Waals surface area (Å²) >= 11 is 0. The van der Waals surface area contributed by atoms with E-state index in [0.717, 1.165) is 17.2 Å². The Balaban J connectivity index is 2.12. The average molecular weight is 289 g/mol. The van der Waals surface area contributed by atoms with Crippen LogP contribution in [0.25, 0.3) is 0 Å². The number of hydrogen-bond acceptors (Lipinski definition) is 4. The summed E-state index contributed by atoms with van der Waals surface area (Å²) in [5.74, 6) is -0.821. The SMILES string of the molecule is COc1ccc(C)cc1COC(=O)c1ccc(N)cc1F. The maximum absolute atomic E-state index is 13.6. The van der Waals surface area contributed by atoms with Gasteiger partial charge in [-0.1, -0.05) is 11.6 Å². The molecule has 0 amide bonds. The van der Waals surface area contributed by atoms with E-state index in [1.54, 1.807) is 6.07 Å². The first-order valence-corrected chi connectivity index (χ1v) is 6.37. The normalized spacial score (nSPS) is 10.2. The van der Waals surface area contributed by atoms with Gasteiger partial charge in [-0.25, -0.2) is 9.18 Å². The molecule has 0 fully saturated rings. The molecule has 0 saturated carbocycles. The first-order valence-electron chi connectivity index (χ1n) is 6.37. The van der Waals surface area contributed by atoms with Crippen molar-refractivity contribution in [2.75, 3.05) is 12.8 Å². The average Bonchev–Trinajstić information content (AvgIpc) is 2.45. The molecular formula is C16H16FNO3. The van der Waals surface area contributed by atoms with Crippen molar-refractivity contribution < 1.29 is 18.7 Å². The van der Waals surface area contributed by atoms with Gasteiger partial charge in [0.05, 0.1) is 12.7 Å². The maximum atomic E-state index is 13.6. The Labute approximate surface area is 122 Å². The number of hydrogen-bond donors (Lipinski definition) is 1. The van der Waals surface area contributed by atoms with Gasteiger partial charge in [0.2, 0.25) is 0 Å². The fraction of sp³-hybridized carbons (Fsp3) is 0.188. The van der Waals surface area contributed by atoms with Crippen LogP contribution in [-0.4, -0.2) is 13.1 Å². The number of esters is 1. The topological polar surface area (TPSA) is 61.5 Å². The van der Waals surface area contributed by atoms with Crippen molar-refractivity contribution in [2.45, 2.75) is 13.5 Å². The summed E-state index contributed by atoms with van der Waals surface area (Å²) in [6, 6.07) is 9.38. The van der Waals surface area contributed by atoms with Gasteiger partial charge in [-0.2, -0.15) is 0 Å². The van der Waals surface area contributed by atoms with E-state index in [-0.39, 0.29) is 17.9 Å². The van der Waals surface area contributed by atoms with E-state index in [9.17, 15) is 9.18 Å². The molecule has 0 aromatic heterocycles. The van der Waals surface area contributed by atoms with Crippen molar-refractivity contribution in [1.29, 1.82) is 0 Å². The van der Waals surface area contributed by atoms with Crippen molar-refractivity contribution in [2.24, 2.45) is 0 Å². The molecule has 110 valence electrons. The molecule has 0 unspecified atom stereocenters. The molecule has 0 saturated heterocycles. The number of anilines is 1. The lowest BCUT2D eigenvalue weighted by molar-refractivity contribution is 0.0465. The molecule has 0 atom stereocenters. The largest absolute Gasteiger partial charge is 0.496 e. The van der Waals surface area contributed by atoms with Gasteiger partial charge in [-0.05, 0) is 37.3 Å². The molecule has 0 aliphatic rings. The Hall–Kier alpha value is -2.56. The van der Waals surface area contributed by atoms with E-state index in [0.29, 0.717) is 5.75 Å². The van der Waals surface area contributed by atoms with E-state index >= 15 is 0 Å². The van der Waals surface area contributed by atoms with Crippen molar-refractivity contribution in [1.82, 2.24) is 0 Å². The highest BCUT2D eigenvalue weighted by Gasteiger charge is 2.14. The lowest BCUT2D eigenvalue weighted by Gasteiger charge is -2.10. The molecule has 5 heteroatoms. The molecule has 0 radical (unpaired) electrons. The predicted octanol–water partition coefficient (Wildman–Crippen LogP) is 3.08. The number of halogens is 1. The number of carbonyl (C=O) groups excluding carboxylic acids is 1. The van der Waals surface area contributed by atoms with Gasteiger partial charge in [0.25, 0.3) is 0 Å². The van der Waals surface area contributed by atoms with E-state index in [4.69, 9.17) is 15.2 Å². The lowest BCUT2D eigenvalue weighted by Crippen LogP contribution is -2.08. The zero-order chi connectivity index (χ0) is 15.4. The van der Waals surface area contributed by atoms with Crippen LogP contribution in [0.3, 0.4) is 0 Å². The van der Waals surface area contributed by atoms with E-state index in [2.05, 4.69) is 0 Å². The zero-order valence-electron chi connectivity index (χ0n) is 11.9. The number of rotatable bonds is 4. The monoisotopic (exact) mass is 289 g/mol. The summed E-state index contributed by atoms with van der Waals surface area (Å²) in [6.45, 7) is 1.93. The number of ether oxygens (including phenoxy) is 2. The second-order valence-corrected chi connectivity index (χ2v) is 4.63. The summed E-state index contributed by atoms with van der Waals surface area (Å²) in [7, 11) is 1.54. The third kappa shape index (κ3) is 3.51. The molecule has 4 nitrogen and oxygen atoms in total. The molecule has 0 aliphatic carbocycles. The van der Waals surface area contributed by atoms with Gasteiger partial charge in [-0.3, -0.25) is 0 Å². The van der Waals surface area contributed by atoms with Crippen molar-refractivity contribution in [3.63, 3.8) is 0 Å². The lowest BCUT2D eigenvalue weighted by atomic mass is 10.1. The minimum atomic E-state index is -0.740. The van der Waals surface area contributed by atoms with Crippen LogP contribution in [0.5, 0.6) is 5.75 Å². The molecule has 2 aromatic rings. The van der Waals surface area contributed by atoms with Crippen LogP contribution >= 0.6 is 0 Å². The summed E-state index contributed by atoms with van der Waals surface area (Å²) in [5.41, 5.74) is 7.29. The number of nitrogens with two attached hydrogens (primary N) is 1. The third-order valence-corrected chi connectivity index (χ3v) is 3.01. The predicted molar refractivity (Wildman–Crippen MR) is 77.7 cm³/mol. The number of aryl methyl sites for hydroxylation is 1. The fourth-order valence-electron chi connectivity index (χ4n) is 1.94. The minimum Gasteiger partial charge on any atom is -0.496 e. The van der Waals surface area contributed by atoms with E-state index in [1.165, 1.54) is 19.2 Å². The van der Waals surface area contributed by atoms with Gasteiger partial charge in [-0.15, -0.1) is 0 Å². The summed E-state index contributed by atoms with van der Waals surface area (Å²) in [6.07, 6.45) is 0. The number of carbonyl (C=O) groups is 1. The van der Waals surface area contributed by atoms with Crippen molar-refractivity contribution in [3.05, 3.63) is 58.9 Å². The molecule has 2 rings (SSSR count). The Morgan fingerprint density at radius 1 is 1.24 bits per heavy atom. The second-order valence-electron chi connectivity index (χ2n) is 4.63. The minimum absolute atomic E-state index is 0.00744. The van der Waals surface area contributed by atoms with Gasteiger partial charge in [0.15, 0.2) is 0 Å². The molecule has 0 bridgehead atoms. The van der Waals surface area contributed by atoms with Gasteiger partial charge in [0, 0.05) is 11.3 Å². The smallest absolute Gasteiger partial charge is 0.341 e. The molecule has 21 heavy (non-hydrogen) atoms. The van der Waals surface area contributed by atoms with Crippen molar-refractivity contribution in [3.8, 4) is 5.75 Å².